The molecule has 0 aromatic carbocycles. The Kier molecular flexibility index (Phi) is 5.15. The Morgan fingerprint density at radius 3 is 2.96 bits per heavy atom. The van der Waals surface area contributed by atoms with Crippen molar-refractivity contribution in [3.05, 3.63) is 40.4 Å². The monoisotopic (exact) mass is 349 g/mol. The number of thiazole rings is 1. The number of aliphatic hydroxyl groups excluding tert-OH is 2. The van der Waals surface area contributed by atoms with Gasteiger partial charge in [-0.2, -0.15) is 0 Å². The summed E-state index contributed by atoms with van der Waals surface area (Å²) in [6, 6.07) is -0.340. The first-order valence-electron chi connectivity index (χ1n) is 8.17. The lowest BCUT2D eigenvalue weighted by molar-refractivity contribution is -0.123. The van der Waals surface area contributed by atoms with E-state index in [4.69, 9.17) is 0 Å². The molecule has 3 unspecified atom stereocenters. The number of aliphatic hydroxyl groups is 2. The van der Waals surface area contributed by atoms with Gasteiger partial charge in [0, 0.05) is 18.0 Å². The van der Waals surface area contributed by atoms with Crippen LogP contribution in [0.5, 0.6) is 0 Å². The Morgan fingerprint density at radius 1 is 1.50 bits per heavy atom. The summed E-state index contributed by atoms with van der Waals surface area (Å²) in [6.45, 7) is 2.84. The highest BCUT2D eigenvalue weighted by molar-refractivity contribution is 7.10. The zero-order valence-corrected chi connectivity index (χ0v) is 14.4. The fourth-order valence-corrected chi connectivity index (χ4v) is 4.45. The van der Waals surface area contributed by atoms with E-state index in [0.29, 0.717) is 25.9 Å². The van der Waals surface area contributed by atoms with Crippen LogP contribution in [0.4, 0.5) is 0 Å². The van der Waals surface area contributed by atoms with Gasteiger partial charge in [-0.25, -0.2) is 4.98 Å². The number of hydrogen-bond acceptors (Lipinski definition) is 6. The lowest BCUT2D eigenvalue weighted by Crippen LogP contribution is -2.44. The van der Waals surface area contributed by atoms with Crippen LogP contribution in [0.2, 0.25) is 0 Å². The topological polar surface area (TPSA) is 94.5 Å². The normalized spacial score (nSPS) is 32.2. The summed E-state index contributed by atoms with van der Waals surface area (Å²) in [5.41, 5.74) is 2.13. The lowest BCUT2D eigenvalue weighted by Gasteiger charge is -2.35. The molecule has 0 radical (unpaired) electrons. The van der Waals surface area contributed by atoms with Crippen molar-refractivity contribution in [1.29, 1.82) is 0 Å². The summed E-state index contributed by atoms with van der Waals surface area (Å²) in [5, 5.41) is 26.0. The van der Waals surface area contributed by atoms with Crippen molar-refractivity contribution in [2.24, 2.45) is 0 Å². The minimum atomic E-state index is -0.648. The van der Waals surface area contributed by atoms with E-state index in [2.05, 4.69) is 15.6 Å². The van der Waals surface area contributed by atoms with Gasteiger partial charge in [-0.15, -0.1) is 11.3 Å². The van der Waals surface area contributed by atoms with E-state index in [0.717, 1.165) is 10.6 Å². The molecule has 1 aromatic heterocycles. The van der Waals surface area contributed by atoms with Crippen LogP contribution in [0.3, 0.4) is 0 Å². The number of rotatable bonds is 5. The van der Waals surface area contributed by atoms with Crippen molar-refractivity contribution >= 4 is 17.2 Å². The molecule has 1 amide bonds. The summed E-state index contributed by atoms with van der Waals surface area (Å²) in [7, 11) is 0. The van der Waals surface area contributed by atoms with Crippen LogP contribution in [-0.2, 0) is 10.2 Å². The van der Waals surface area contributed by atoms with Crippen molar-refractivity contribution < 1.29 is 15.0 Å². The maximum atomic E-state index is 12.2. The summed E-state index contributed by atoms with van der Waals surface area (Å²) in [6.07, 6.45) is 7.46. The second-order valence-electron chi connectivity index (χ2n) is 6.39. The predicted octanol–water partition coefficient (Wildman–Crippen LogP) is 0.405. The molecule has 0 bridgehead atoms. The fourth-order valence-electron chi connectivity index (χ4n) is 3.40. The van der Waals surface area contributed by atoms with E-state index < -0.39 is 17.6 Å². The molecule has 1 aliphatic carbocycles. The smallest absolute Gasteiger partial charge is 0.237 e. The van der Waals surface area contributed by atoms with Crippen LogP contribution < -0.4 is 10.6 Å². The van der Waals surface area contributed by atoms with Crippen LogP contribution in [-0.4, -0.2) is 52.4 Å². The fraction of sp³-hybridized carbons (Fsp3) is 0.529. The molecule has 0 saturated carbocycles. The summed E-state index contributed by atoms with van der Waals surface area (Å²) in [4.78, 5) is 17.5. The second-order valence-corrected chi connectivity index (χ2v) is 7.24. The molecule has 3 rings (SSSR count). The van der Waals surface area contributed by atoms with Crippen LogP contribution in [0.25, 0.3) is 0 Å². The highest BCUT2D eigenvalue weighted by Crippen LogP contribution is 2.39. The van der Waals surface area contributed by atoms with Gasteiger partial charge in [-0.3, -0.25) is 4.79 Å². The maximum absolute atomic E-state index is 12.2. The van der Waals surface area contributed by atoms with E-state index >= 15 is 0 Å². The molecule has 6 nitrogen and oxygen atoms in total. The third-order valence-corrected chi connectivity index (χ3v) is 5.88. The van der Waals surface area contributed by atoms with Crippen molar-refractivity contribution in [2.75, 3.05) is 13.1 Å². The van der Waals surface area contributed by atoms with Gasteiger partial charge < -0.3 is 20.8 Å². The van der Waals surface area contributed by atoms with E-state index in [1.165, 1.54) is 11.3 Å². The molecule has 4 N–H and O–H groups in total. The molecule has 0 spiro atoms. The quantitative estimate of drug-likeness (QED) is 0.618. The van der Waals surface area contributed by atoms with Gasteiger partial charge in [-0.1, -0.05) is 24.3 Å². The maximum Gasteiger partial charge on any atom is 0.237 e. The summed E-state index contributed by atoms with van der Waals surface area (Å²) >= 11 is 1.53. The number of nitrogens with zero attached hydrogens (tertiary/aromatic N) is 1. The van der Waals surface area contributed by atoms with Crippen LogP contribution >= 0.6 is 11.3 Å². The van der Waals surface area contributed by atoms with Crippen LogP contribution in [0.15, 0.2) is 29.8 Å². The molecular formula is C17H23N3O3S. The van der Waals surface area contributed by atoms with Crippen LogP contribution in [0.1, 0.15) is 23.4 Å². The Labute approximate surface area is 145 Å². The second kappa shape index (κ2) is 7.14. The average Bonchev–Trinajstić information content (AvgIpc) is 3.18. The number of aryl methyl sites for hydroxylation is 1. The molecule has 7 heteroatoms. The van der Waals surface area contributed by atoms with E-state index in [9.17, 15) is 15.0 Å². The van der Waals surface area contributed by atoms with Gasteiger partial charge in [0.05, 0.1) is 34.9 Å². The highest BCUT2D eigenvalue weighted by atomic mass is 32.1. The van der Waals surface area contributed by atoms with Gasteiger partial charge in [0.15, 0.2) is 0 Å². The Bertz CT molecular complexity index is 657. The van der Waals surface area contributed by atoms with Crippen LogP contribution in [0, 0.1) is 6.92 Å². The Morgan fingerprint density at radius 2 is 2.33 bits per heavy atom. The van der Waals surface area contributed by atoms with Crippen molar-refractivity contribution in [3.8, 4) is 0 Å². The SMILES string of the molecule is Cc1ncsc1[C@]1(CCNC(=O)C2CC(O)CN2)C=CC=CC1O. The molecule has 1 aromatic rings. The zero-order valence-electron chi connectivity index (χ0n) is 13.6. The van der Waals surface area contributed by atoms with Crippen molar-refractivity contribution in [1.82, 2.24) is 15.6 Å². The molecule has 1 saturated heterocycles. The first-order valence-corrected chi connectivity index (χ1v) is 9.05. The van der Waals surface area contributed by atoms with E-state index in [1.807, 2.05) is 25.2 Å². The van der Waals surface area contributed by atoms with Gasteiger partial charge in [0.2, 0.25) is 5.91 Å². The van der Waals surface area contributed by atoms with Crippen molar-refractivity contribution in [3.63, 3.8) is 0 Å². The minimum Gasteiger partial charge on any atom is -0.392 e. The molecular weight excluding hydrogens is 326 g/mol. The largest absolute Gasteiger partial charge is 0.392 e. The molecule has 4 atom stereocenters. The van der Waals surface area contributed by atoms with Gasteiger partial charge >= 0.3 is 0 Å². The number of nitrogens with one attached hydrogen (secondary N) is 2. The van der Waals surface area contributed by atoms with Crippen molar-refractivity contribution in [2.45, 2.75) is 43.4 Å². The average molecular weight is 349 g/mol. The number of carbonyl (C=O) groups is 1. The zero-order chi connectivity index (χ0) is 17.2. The summed E-state index contributed by atoms with van der Waals surface area (Å²) < 4.78 is 0. The first-order chi connectivity index (χ1) is 11.5. The third-order valence-electron chi connectivity index (χ3n) is 4.76. The third kappa shape index (κ3) is 3.30. The number of allylic oxidation sites excluding steroid dienone is 2. The van der Waals surface area contributed by atoms with Gasteiger partial charge in [0.1, 0.15) is 0 Å². The van der Waals surface area contributed by atoms with E-state index in [1.54, 1.807) is 11.6 Å². The Balaban J connectivity index is 1.68. The number of amides is 1. The standard InChI is InChI=1S/C17H23N3O3S/c1-11-15(24-10-20-11)17(5-3-2-4-14(17)22)6-7-18-16(23)13-8-12(21)9-19-13/h2-5,10,12-14,19,21-22H,6-9H2,1H3,(H,18,23)/t12?,13?,14?,17-/m0/s1. The first kappa shape index (κ1) is 17.3. The Hall–Kier alpha value is -1.54. The lowest BCUT2D eigenvalue weighted by atomic mass is 9.74. The summed E-state index contributed by atoms with van der Waals surface area (Å²) in [5.74, 6) is -0.104. The number of hydrogen-bond donors (Lipinski definition) is 4. The molecule has 130 valence electrons. The molecule has 2 aliphatic rings. The van der Waals surface area contributed by atoms with E-state index in [-0.39, 0.29) is 11.9 Å². The van der Waals surface area contributed by atoms with Gasteiger partial charge in [-0.05, 0) is 19.8 Å². The molecule has 1 fully saturated rings. The van der Waals surface area contributed by atoms with Gasteiger partial charge in [0.25, 0.3) is 0 Å². The number of carbonyl (C=O) groups excluding carboxylic acids is 1. The predicted molar refractivity (Wildman–Crippen MR) is 92.9 cm³/mol. The number of aromatic nitrogens is 1. The molecule has 24 heavy (non-hydrogen) atoms. The minimum absolute atomic E-state index is 0.104. The highest BCUT2D eigenvalue weighted by Gasteiger charge is 2.39. The number of β-amino-alcohol motifs (C(OH)–C–C–N with tert-alkyl or cyclic N) is 1. The molecule has 1 aliphatic heterocycles. The molecule has 2 heterocycles.